The van der Waals surface area contributed by atoms with Crippen molar-refractivity contribution in [2.45, 2.75) is 32.2 Å². The molecule has 1 atom stereocenters. The SMILES string of the molecule is C=C1COC[C@H](N2Cc3c(OCc4ccc(CN5CCOCC5)cc4)cccc3C2=O)C(=O)C1. The minimum absolute atomic E-state index is 0.0247. The van der Waals surface area contributed by atoms with Gasteiger partial charge in [0, 0.05) is 37.2 Å². The molecule has 0 unspecified atom stereocenters. The maximum atomic E-state index is 13.1. The number of Topliss-reactive ketones (excluding diaryl/α,β-unsaturated/α-hetero) is 1. The second-order valence-electron chi connectivity index (χ2n) is 9.13. The van der Waals surface area contributed by atoms with E-state index >= 15 is 0 Å². The van der Waals surface area contributed by atoms with Gasteiger partial charge in [0.1, 0.15) is 18.4 Å². The third kappa shape index (κ3) is 4.92. The summed E-state index contributed by atoms with van der Waals surface area (Å²) < 4.78 is 17.1. The standard InChI is InChI=1S/C27H30N2O5/c1-19-13-25(30)24(18-33-16-19)29-15-23-22(27(29)31)3-2-4-26(23)34-17-21-7-5-20(6-8-21)14-28-9-11-32-12-10-28/h2-8,24H,1,9-18H2/t24-/m0/s1. The Kier molecular flexibility index (Phi) is 6.76. The number of hydrogen-bond acceptors (Lipinski definition) is 6. The van der Waals surface area contributed by atoms with E-state index in [0.717, 1.165) is 49.5 Å². The number of fused-ring (bicyclic) bond motifs is 1. The predicted octanol–water partition coefficient (Wildman–Crippen LogP) is 2.97. The van der Waals surface area contributed by atoms with Gasteiger partial charge >= 0.3 is 0 Å². The summed E-state index contributed by atoms with van der Waals surface area (Å²) in [6, 6.07) is 13.4. The molecule has 2 fully saturated rings. The number of carbonyl (C=O) groups is 2. The predicted molar refractivity (Wildman–Crippen MR) is 127 cm³/mol. The lowest BCUT2D eigenvalue weighted by Crippen LogP contribution is -2.43. The van der Waals surface area contributed by atoms with Crippen LogP contribution >= 0.6 is 0 Å². The van der Waals surface area contributed by atoms with Crippen molar-refractivity contribution in [3.8, 4) is 5.75 Å². The lowest BCUT2D eigenvalue weighted by Gasteiger charge is -2.26. The van der Waals surface area contributed by atoms with Crippen molar-refractivity contribution in [2.24, 2.45) is 0 Å². The average Bonchev–Trinajstić information content (AvgIpc) is 3.08. The summed E-state index contributed by atoms with van der Waals surface area (Å²) in [5.41, 5.74) is 4.50. The lowest BCUT2D eigenvalue weighted by molar-refractivity contribution is -0.123. The van der Waals surface area contributed by atoms with Gasteiger partial charge in [-0.2, -0.15) is 0 Å². The highest BCUT2D eigenvalue weighted by Crippen LogP contribution is 2.33. The minimum Gasteiger partial charge on any atom is -0.489 e. The van der Waals surface area contributed by atoms with Gasteiger partial charge < -0.3 is 19.1 Å². The topological polar surface area (TPSA) is 68.3 Å². The molecule has 1 amide bonds. The first-order valence-electron chi connectivity index (χ1n) is 11.8. The number of carbonyl (C=O) groups excluding carboxylic acids is 2. The van der Waals surface area contributed by atoms with E-state index in [1.54, 1.807) is 11.0 Å². The first-order valence-corrected chi connectivity index (χ1v) is 11.8. The number of hydrogen-bond donors (Lipinski definition) is 0. The number of rotatable bonds is 6. The van der Waals surface area contributed by atoms with Crippen molar-refractivity contribution >= 4 is 11.7 Å². The van der Waals surface area contributed by atoms with E-state index in [1.807, 2.05) is 12.1 Å². The van der Waals surface area contributed by atoms with E-state index in [2.05, 4.69) is 35.7 Å². The summed E-state index contributed by atoms with van der Waals surface area (Å²) in [6.07, 6.45) is 0.246. The molecule has 7 nitrogen and oxygen atoms in total. The van der Waals surface area contributed by atoms with Crippen molar-refractivity contribution in [1.29, 1.82) is 0 Å². The van der Waals surface area contributed by atoms with Crippen LogP contribution in [0.15, 0.2) is 54.6 Å². The Labute approximate surface area is 199 Å². The molecule has 2 aromatic rings. The van der Waals surface area contributed by atoms with Crippen LogP contribution in [0.2, 0.25) is 0 Å². The highest BCUT2D eigenvalue weighted by atomic mass is 16.5. The zero-order chi connectivity index (χ0) is 23.5. The normalized spacial score (nSPS) is 21.5. The van der Waals surface area contributed by atoms with E-state index in [4.69, 9.17) is 14.2 Å². The van der Waals surface area contributed by atoms with Crippen LogP contribution < -0.4 is 4.74 Å². The van der Waals surface area contributed by atoms with Crippen molar-refractivity contribution < 1.29 is 23.8 Å². The Morgan fingerprint density at radius 3 is 2.56 bits per heavy atom. The minimum atomic E-state index is -0.592. The van der Waals surface area contributed by atoms with Crippen LogP contribution in [-0.4, -0.2) is 67.0 Å². The first-order chi connectivity index (χ1) is 16.6. The van der Waals surface area contributed by atoms with Crippen LogP contribution in [0, 0.1) is 0 Å². The molecule has 7 heteroatoms. The molecule has 3 heterocycles. The van der Waals surface area contributed by atoms with Crippen molar-refractivity contribution in [2.75, 3.05) is 39.5 Å². The van der Waals surface area contributed by atoms with Crippen molar-refractivity contribution in [3.63, 3.8) is 0 Å². The Hall–Kier alpha value is -3.00. The molecule has 0 spiro atoms. The van der Waals surface area contributed by atoms with Crippen LogP contribution in [-0.2, 0) is 34.0 Å². The molecular weight excluding hydrogens is 432 g/mol. The molecule has 0 aromatic heterocycles. The second-order valence-corrected chi connectivity index (χ2v) is 9.13. The quantitative estimate of drug-likeness (QED) is 0.615. The smallest absolute Gasteiger partial charge is 0.255 e. The molecule has 2 saturated heterocycles. The molecule has 5 rings (SSSR count). The number of ether oxygens (including phenoxy) is 3. The van der Waals surface area contributed by atoms with E-state index in [-0.39, 0.29) is 24.7 Å². The van der Waals surface area contributed by atoms with Gasteiger partial charge in [-0.1, -0.05) is 36.9 Å². The van der Waals surface area contributed by atoms with Crippen molar-refractivity contribution in [3.05, 3.63) is 76.9 Å². The van der Waals surface area contributed by atoms with Gasteiger partial charge in [0.25, 0.3) is 5.91 Å². The largest absolute Gasteiger partial charge is 0.489 e. The molecule has 3 aliphatic rings. The van der Waals surface area contributed by atoms with E-state index < -0.39 is 6.04 Å². The summed E-state index contributed by atoms with van der Waals surface area (Å²) in [5.74, 6) is 0.503. The van der Waals surface area contributed by atoms with Gasteiger partial charge in [-0.25, -0.2) is 0 Å². The van der Waals surface area contributed by atoms with Crippen LogP contribution in [0.25, 0.3) is 0 Å². The second kappa shape index (κ2) is 10.1. The zero-order valence-corrected chi connectivity index (χ0v) is 19.3. The number of amides is 1. The summed E-state index contributed by atoms with van der Waals surface area (Å²) in [6.45, 7) is 9.62. The Balaban J connectivity index is 1.24. The summed E-state index contributed by atoms with van der Waals surface area (Å²) in [5, 5.41) is 0. The molecule has 34 heavy (non-hydrogen) atoms. The highest BCUT2D eigenvalue weighted by Gasteiger charge is 2.38. The molecule has 0 aliphatic carbocycles. The van der Waals surface area contributed by atoms with Gasteiger partial charge in [-0.05, 0) is 28.8 Å². The zero-order valence-electron chi connectivity index (χ0n) is 19.3. The fourth-order valence-corrected chi connectivity index (χ4v) is 4.72. The molecule has 2 aromatic carbocycles. The summed E-state index contributed by atoms with van der Waals surface area (Å²) in [7, 11) is 0. The number of morpholine rings is 1. The first kappa shape index (κ1) is 22.8. The monoisotopic (exact) mass is 462 g/mol. The fraction of sp³-hybridized carbons (Fsp3) is 0.407. The number of benzene rings is 2. The molecule has 178 valence electrons. The van der Waals surface area contributed by atoms with Crippen LogP contribution in [0.3, 0.4) is 0 Å². The highest BCUT2D eigenvalue weighted by molar-refractivity contribution is 6.02. The Bertz CT molecular complexity index is 1070. The summed E-state index contributed by atoms with van der Waals surface area (Å²) >= 11 is 0. The van der Waals surface area contributed by atoms with Gasteiger partial charge in [0.15, 0.2) is 5.78 Å². The van der Waals surface area contributed by atoms with Crippen LogP contribution in [0.5, 0.6) is 5.75 Å². The van der Waals surface area contributed by atoms with Crippen LogP contribution in [0.4, 0.5) is 0 Å². The molecule has 0 N–H and O–H groups in total. The number of ketones is 1. The van der Waals surface area contributed by atoms with E-state index in [1.165, 1.54) is 5.56 Å². The van der Waals surface area contributed by atoms with E-state index in [0.29, 0.717) is 31.1 Å². The third-order valence-electron chi connectivity index (χ3n) is 6.63. The lowest BCUT2D eigenvalue weighted by atomic mass is 10.1. The fourth-order valence-electron chi connectivity index (χ4n) is 4.72. The Morgan fingerprint density at radius 1 is 1.00 bits per heavy atom. The molecule has 0 saturated carbocycles. The molecule has 3 aliphatic heterocycles. The Morgan fingerprint density at radius 2 is 1.76 bits per heavy atom. The van der Waals surface area contributed by atoms with E-state index in [9.17, 15) is 9.59 Å². The summed E-state index contributed by atoms with van der Waals surface area (Å²) in [4.78, 5) is 29.8. The molecular formula is C27H30N2O5. The maximum absolute atomic E-state index is 13.1. The molecule has 0 bridgehead atoms. The van der Waals surface area contributed by atoms with Gasteiger partial charge in [-0.15, -0.1) is 0 Å². The number of nitrogens with zero attached hydrogens (tertiary/aromatic N) is 2. The third-order valence-corrected chi connectivity index (χ3v) is 6.63. The van der Waals surface area contributed by atoms with Gasteiger partial charge in [0.05, 0.1) is 33.0 Å². The van der Waals surface area contributed by atoms with Crippen LogP contribution in [0.1, 0.15) is 33.5 Å². The van der Waals surface area contributed by atoms with Gasteiger partial charge in [-0.3, -0.25) is 14.5 Å². The maximum Gasteiger partial charge on any atom is 0.255 e. The van der Waals surface area contributed by atoms with Gasteiger partial charge in [0.2, 0.25) is 0 Å². The average molecular weight is 463 g/mol. The van der Waals surface area contributed by atoms with Crippen molar-refractivity contribution in [1.82, 2.24) is 9.80 Å². The molecule has 0 radical (unpaired) electrons.